The minimum absolute atomic E-state index is 0.116. The second kappa shape index (κ2) is 4.82. The van der Waals surface area contributed by atoms with Gasteiger partial charge in [-0.1, -0.05) is 30.3 Å². The summed E-state index contributed by atoms with van der Waals surface area (Å²) in [5.41, 5.74) is 2.91. The maximum Gasteiger partial charge on any atom is 0.303 e. The second-order valence-corrected chi connectivity index (χ2v) is 3.90. The van der Waals surface area contributed by atoms with E-state index in [1.54, 1.807) is 4.68 Å². The van der Waals surface area contributed by atoms with Crippen LogP contribution in [0.2, 0.25) is 0 Å². The summed E-state index contributed by atoms with van der Waals surface area (Å²) in [6.45, 7) is 0. The Morgan fingerprint density at radius 3 is 2.71 bits per heavy atom. The SMILES string of the molecule is Cn1nc(CCC(=O)O)cc1-c1ccccc1. The highest BCUT2D eigenvalue weighted by Crippen LogP contribution is 2.19. The van der Waals surface area contributed by atoms with Gasteiger partial charge >= 0.3 is 5.97 Å². The Bertz CT molecular complexity index is 517. The van der Waals surface area contributed by atoms with Gasteiger partial charge in [0.05, 0.1) is 17.8 Å². The van der Waals surface area contributed by atoms with Crippen LogP contribution in [0.3, 0.4) is 0 Å². The molecular formula is C13H14N2O2. The Morgan fingerprint density at radius 1 is 1.35 bits per heavy atom. The summed E-state index contributed by atoms with van der Waals surface area (Å²) in [4.78, 5) is 10.5. The Labute approximate surface area is 99.5 Å². The van der Waals surface area contributed by atoms with Gasteiger partial charge in [0.2, 0.25) is 0 Å². The monoisotopic (exact) mass is 230 g/mol. The Hall–Kier alpha value is -2.10. The number of hydrogen-bond acceptors (Lipinski definition) is 2. The number of aliphatic carboxylic acids is 1. The fraction of sp³-hybridized carbons (Fsp3) is 0.231. The Balaban J connectivity index is 2.22. The van der Waals surface area contributed by atoms with Gasteiger partial charge in [-0.05, 0) is 11.6 Å². The van der Waals surface area contributed by atoms with Crippen LogP contribution < -0.4 is 0 Å². The van der Waals surface area contributed by atoms with Crippen LogP contribution in [0.15, 0.2) is 36.4 Å². The van der Waals surface area contributed by atoms with Crippen molar-refractivity contribution in [2.24, 2.45) is 7.05 Å². The van der Waals surface area contributed by atoms with Crippen LogP contribution in [-0.2, 0) is 18.3 Å². The third kappa shape index (κ3) is 2.72. The number of carbonyl (C=O) groups is 1. The molecule has 1 N–H and O–H groups in total. The molecule has 0 aliphatic carbocycles. The van der Waals surface area contributed by atoms with E-state index in [2.05, 4.69) is 5.10 Å². The van der Waals surface area contributed by atoms with E-state index >= 15 is 0 Å². The highest BCUT2D eigenvalue weighted by Gasteiger charge is 2.08. The van der Waals surface area contributed by atoms with Crippen LogP contribution >= 0.6 is 0 Å². The topological polar surface area (TPSA) is 55.1 Å². The van der Waals surface area contributed by atoms with E-state index in [4.69, 9.17) is 5.11 Å². The first-order valence-electron chi connectivity index (χ1n) is 5.47. The van der Waals surface area contributed by atoms with Crippen molar-refractivity contribution in [3.63, 3.8) is 0 Å². The molecule has 0 aliphatic heterocycles. The van der Waals surface area contributed by atoms with Crippen molar-refractivity contribution in [1.29, 1.82) is 0 Å². The number of hydrogen-bond donors (Lipinski definition) is 1. The maximum absolute atomic E-state index is 10.5. The van der Waals surface area contributed by atoms with Crippen molar-refractivity contribution in [3.05, 3.63) is 42.1 Å². The molecule has 0 atom stereocenters. The van der Waals surface area contributed by atoms with Gasteiger partial charge in [0, 0.05) is 13.5 Å². The van der Waals surface area contributed by atoms with Crippen LogP contribution in [0, 0.1) is 0 Å². The summed E-state index contributed by atoms with van der Waals surface area (Å²) >= 11 is 0. The molecule has 88 valence electrons. The zero-order valence-corrected chi connectivity index (χ0v) is 9.63. The molecule has 1 aromatic heterocycles. The molecule has 0 fully saturated rings. The van der Waals surface area contributed by atoms with Crippen LogP contribution in [0.4, 0.5) is 0 Å². The molecule has 4 nitrogen and oxygen atoms in total. The maximum atomic E-state index is 10.5. The largest absolute Gasteiger partial charge is 0.481 e. The molecule has 0 amide bonds. The first kappa shape index (κ1) is 11.4. The van der Waals surface area contributed by atoms with Gasteiger partial charge in [-0.3, -0.25) is 9.48 Å². The molecule has 2 aromatic rings. The van der Waals surface area contributed by atoms with E-state index in [9.17, 15) is 4.79 Å². The standard InChI is InChI=1S/C13H14N2O2/c1-15-12(10-5-3-2-4-6-10)9-11(14-15)7-8-13(16)17/h2-6,9H,7-8H2,1H3,(H,16,17). The van der Waals surface area contributed by atoms with Crippen molar-refractivity contribution in [2.75, 3.05) is 0 Å². The van der Waals surface area contributed by atoms with E-state index in [1.165, 1.54) is 0 Å². The van der Waals surface area contributed by atoms with E-state index in [0.29, 0.717) is 6.42 Å². The van der Waals surface area contributed by atoms with Gasteiger partial charge in [-0.2, -0.15) is 5.10 Å². The average Bonchev–Trinajstić information content (AvgIpc) is 2.69. The molecule has 4 heteroatoms. The van der Waals surface area contributed by atoms with Crippen molar-refractivity contribution in [1.82, 2.24) is 9.78 Å². The fourth-order valence-corrected chi connectivity index (χ4v) is 1.76. The number of aryl methyl sites for hydroxylation is 2. The molecule has 0 saturated carbocycles. The van der Waals surface area contributed by atoms with Gasteiger partial charge in [0.1, 0.15) is 0 Å². The molecule has 2 rings (SSSR count). The average molecular weight is 230 g/mol. The predicted molar refractivity (Wildman–Crippen MR) is 64.6 cm³/mol. The normalized spacial score (nSPS) is 10.4. The Morgan fingerprint density at radius 2 is 2.06 bits per heavy atom. The highest BCUT2D eigenvalue weighted by atomic mass is 16.4. The van der Waals surface area contributed by atoms with Gasteiger partial charge < -0.3 is 5.11 Å². The fourth-order valence-electron chi connectivity index (χ4n) is 1.76. The zero-order valence-electron chi connectivity index (χ0n) is 9.63. The van der Waals surface area contributed by atoms with E-state index in [1.807, 2.05) is 43.4 Å². The van der Waals surface area contributed by atoms with Crippen molar-refractivity contribution in [2.45, 2.75) is 12.8 Å². The summed E-state index contributed by atoms with van der Waals surface area (Å²) in [5.74, 6) is -0.795. The van der Waals surface area contributed by atoms with Gasteiger partial charge in [0.25, 0.3) is 0 Å². The van der Waals surface area contributed by atoms with Crippen LogP contribution in [-0.4, -0.2) is 20.9 Å². The molecule has 0 saturated heterocycles. The quantitative estimate of drug-likeness (QED) is 0.875. The van der Waals surface area contributed by atoms with Crippen LogP contribution in [0.5, 0.6) is 0 Å². The third-order valence-electron chi connectivity index (χ3n) is 2.59. The van der Waals surface area contributed by atoms with Gasteiger partial charge in [-0.25, -0.2) is 0 Å². The molecule has 0 radical (unpaired) electrons. The lowest BCUT2D eigenvalue weighted by molar-refractivity contribution is -0.136. The molecule has 17 heavy (non-hydrogen) atoms. The minimum Gasteiger partial charge on any atom is -0.481 e. The summed E-state index contributed by atoms with van der Waals surface area (Å²) < 4.78 is 1.78. The van der Waals surface area contributed by atoms with Crippen molar-refractivity contribution >= 4 is 5.97 Å². The number of aromatic nitrogens is 2. The smallest absolute Gasteiger partial charge is 0.303 e. The lowest BCUT2D eigenvalue weighted by atomic mass is 10.1. The number of carboxylic acids is 1. The second-order valence-electron chi connectivity index (χ2n) is 3.90. The summed E-state index contributed by atoms with van der Waals surface area (Å²) in [6.07, 6.45) is 0.585. The molecule has 1 heterocycles. The molecule has 1 aromatic carbocycles. The highest BCUT2D eigenvalue weighted by molar-refractivity contribution is 5.67. The zero-order chi connectivity index (χ0) is 12.3. The minimum atomic E-state index is -0.795. The van der Waals surface area contributed by atoms with Gasteiger partial charge in [-0.15, -0.1) is 0 Å². The van der Waals surface area contributed by atoms with Crippen molar-refractivity contribution in [3.8, 4) is 11.3 Å². The molecule has 0 aliphatic rings. The molecular weight excluding hydrogens is 216 g/mol. The van der Waals surface area contributed by atoms with E-state index < -0.39 is 5.97 Å². The number of nitrogens with zero attached hydrogens (tertiary/aromatic N) is 2. The predicted octanol–water partition coefficient (Wildman–Crippen LogP) is 2.10. The van der Waals surface area contributed by atoms with Crippen LogP contribution in [0.1, 0.15) is 12.1 Å². The van der Waals surface area contributed by atoms with Crippen molar-refractivity contribution < 1.29 is 9.90 Å². The summed E-state index contributed by atoms with van der Waals surface area (Å²) in [6, 6.07) is 11.9. The molecule has 0 unspecified atom stereocenters. The lowest BCUT2D eigenvalue weighted by Crippen LogP contribution is -1.99. The number of rotatable bonds is 4. The van der Waals surface area contributed by atoms with Gasteiger partial charge in [0.15, 0.2) is 0 Å². The molecule has 0 spiro atoms. The first-order chi connectivity index (χ1) is 8.16. The summed E-state index contributed by atoms with van der Waals surface area (Å²) in [7, 11) is 1.87. The Kier molecular flexibility index (Phi) is 3.23. The first-order valence-corrected chi connectivity index (χ1v) is 5.47. The summed E-state index contributed by atoms with van der Waals surface area (Å²) in [5, 5.41) is 12.9. The number of carboxylic acid groups (broad SMARTS) is 1. The number of benzene rings is 1. The molecule has 0 bridgehead atoms. The van der Waals surface area contributed by atoms with E-state index in [-0.39, 0.29) is 6.42 Å². The third-order valence-corrected chi connectivity index (χ3v) is 2.59. The van der Waals surface area contributed by atoms with E-state index in [0.717, 1.165) is 17.0 Å². The lowest BCUT2D eigenvalue weighted by Gasteiger charge is -1.99. The van der Waals surface area contributed by atoms with Crippen LogP contribution in [0.25, 0.3) is 11.3 Å².